The van der Waals surface area contributed by atoms with E-state index < -0.39 is 34.7 Å². The predicted molar refractivity (Wildman–Crippen MR) is 74.8 cm³/mol. The molecule has 2 rings (SSSR count). The fourth-order valence-corrected chi connectivity index (χ4v) is 2.12. The summed E-state index contributed by atoms with van der Waals surface area (Å²) in [7, 11) is 0. The molecule has 0 saturated heterocycles. The number of para-hydroxylation sites is 1. The first-order valence-electron chi connectivity index (χ1n) is 6.59. The summed E-state index contributed by atoms with van der Waals surface area (Å²) in [5, 5.41) is 2.43. The number of hydrogen-bond donors (Lipinski definition) is 1. The molecule has 0 spiro atoms. The van der Waals surface area contributed by atoms with Crippen LogP contribution in [0, 0.1) is 30.2 Å². The fraction of sp³-hybridized carbons (Fsp3) is 0.188. The molecule has 0 bridgehead atoms. The third kappa shape index (κ3) is 2.81. The van der Waals surface area contributed by atoms with Crippen LogP contribution in [0.3, 0.4) is 0 Å². The van der Waals surface area contributed by atoms with E-state index in [4.69, 9.17) is 0 Å². The lowest BCUT2D eigenvalue weighted by Gasteiger charge is -2.13. The Balaban J connectivity index is 2.43. The predicted octanol–water partition coefficient (Wildman–Crippen LogP) is 4.37. The van der Waals surface area contributed by atoms with E-state index in [0.29, 0.717) is 18.2 Å². The van der Waals surface area contributed by atoms with Gasteiger partial charge in [0, 0.05) is 5.69 Å². The molecule has 1 N–H and O–H groups in total. The molecule has 2 nitrogen and oxygen atoms in total. The van der Waals surface area contributed by atoms with Gasteiger partial charge in [0.1, 0.15) is 0 Å². The first kappa shape index (κ1) is 16.0. The van der Waals surface area contributed by atoms with Crippen molar-refractivity contribution in [3.05, 3.63) is 64.2 Å². The third-order valence-corrected chi connectivity index (χ3v) is 3.33. The Kier molecular flexibility index (Phi) is 4.49. The molecule has 6 heteroatoms. The largest absolute Gasteiger partial charge is 0.321 e. The lowest BCUT2D eigenvalue weighted by molar-refractivity contribution is 0.102. The number of aryl methyl sites for hydroxylation is 2. The van der Waals surface area contributed by atoms with E-state index in [1.54, 1.807) is 25.1 Å². The first-order chi connectivity index (χ1) is 10.4. The number of hydrogen-bond acceptors (Lipinski definition) is 1. The minimum absolute atomic E-state index is 0.340. The maximum Gasteiger partial charge on any atom is 0.258 e. The Labute approximate surface area is 124 Å². The average Bonchev–Trinajstić information content (AvgIpc) is 2.50. The van der Waals surface area contributed by atoms with Crippen molar-refractivity contribution in [2.75, 3.05) is 5.32 Å². The highest BCUT2D eigenvalue weighted by molar-refractivity contribution is 6.05. The fourth-order valence-electron chi connectivity index (χ4n) is 2.12. The molecular weight excluding hydrogens is 298 g/mol. The van der Waals surface area contributed by atoms with Crippen molar-refractivity contribution in [3.8, 4) is 0 Å². The van der Waals surface area contributed by atoms with Crippen LogP contribution in [0.4, 0.5) is 23.2 Å². The molecule has 0 saturated carbocycles. The summed E-state index contributed by atoms with van der Waals surface area (Å²) in [6, 6.07) is 5.64. The quantitative estimate of drug-likeness (QED) is 0.509. The molecule has 0 radical (unpaired) electrons. The van der Waals surface area contributed by atoms with E-state index in [2.05, 4.69) is 5.32 Å². The number of nitrogens with one attached hydrogen (secondary N) is 1. The van der Waals surface area contributed by atoms with Crippen molar-refractivity contribution in [1.29, 1.82) is 0 Å². The molecular formula is C16H13F4NO. The molecule has 0 heterocycles. The van der Waals surface area contributed by atoms with Gasteiger partial charge < -0.3 is 5.32 Å². The number of anilines is 1. The highest BCUT2D eigenvalue weighted by Crippen LogP contribution is 2.24. The molecule has 0 aromatic heterocycles. The van der Waals surface area contributed by atoms with Gasteiger partial charge in [0.15, 0.2) is 23.3 Å². The maximum absolute atomic E-state index is 13.6. The minimum Gasteiger partial charge on any atom is -0.321 e. The van der Waals surface area contributed by atoms with Crippen LogP contribution >= 0.6 is 0 Å². The van der Waals surface area contributed by atoms with Gasteiger partial charge in [-0.05, 0) is 30.5 Å². The van der Waals surface area contributed by atoms with Crippen molar-refractivity contribution >= 4 is 11.6 Å². The van der Waals surface area contributed by atoms with E-state index in [9.17, 15) is 22.4 Å². The highest BCUT2D eigenvalue weighted by Gasteiger charge is 2.23. The van der Waals surface area contributed by atoms with Gasteiger partial charge in [0.2, 0.25) is 0 Å². The summed E-state index contributed by atoms with van der Waals surface area (Å²) in [5.74, 6) is -8.34. The number of carbonyl (C=O) groups excluding carboxylic acids is 1. The van der Waals surface area contributed by atoms with Crippen LogP contribution < -0.4 is 5.32 Å². The van der Waals surface area contributed by atoms with Crippen LogP contribution in [-0.2, 0) is 6.42 Å². The minimum atomic E-state index is -2.01. The maximum atomic E-state index is 13.6. The Morgan fingerprint density at radius 1 is 1.09 bits per heavy atom. The number of rotatable bonds is 3. The van der Waals surface area contributed by atoms with E-state index in [-0.39, 0.29) is 0 Å². The molecule has 22 heavy (non-hydrogen) atoms. The van der Waals surface area contributed by atoms with Crippen molar-refractivity contribution < 1.29 is 22.4 Å². The molecule has 2 aromatic carbocycles. The molecule has 2 aromatic rings. The van der Waals surface area contributed by atoms with Gasteiger partial charge in [-0.25, -0.2) is 17.6 Å². The van der Waals surface area contributed by atoms with Crippen LogP contribution in [0.1, 0.15) is 28.4 Å². The molecule has 1 amide bonds. The molecule has 116 valence electrons. The lowest BCUT2D eigenvalue weighted by atomic mass is 10.1. The van der Waals surface area contributed by atoms with E-state index >= 15 is 0 Å². The summed E-state index contributed by atoms with van der Waals surface area (Å²) >= 11 is 0. The molecule has 0 fully saturated rings. The van der Waals surface area contributed by atoms with Crippen LogP contribution in [0.25, 0.3) is 0 Å². The van der Waals surface area contributed by atoms with Crippen LogP contribution in [0.15, 0.2) is 24.3 Å². The SMILES string of the molecule is CCc1cccc(C)c1NC(=O)c1cc(F)c(F)c(F)c1F. The van der Waals surface area contributed by atoms with Crippen LogP contribution in [0.5, 0.6) is 0 Å². The van der Waals surface area contributed by atoms with Crippen molar-refractivity contribution in [3.63, 3.8) is 0 Å². The average molecular weight is 311 g/mol. The smallest absolute Gasteiger partial charge is 0.258 e. The molecule has 0 atom stereocenters. The summed E-state index contributed by atoms with van der Waals surface area (Å²) in [6.07, 6.45) is 0.603. The van der Waals surface area contributed by atoms with E-state index in [1.807, 2.05) is 6.92 Å². The second kappa shape index (κ2) is 6.17. The summed E-state index contributed by atoms with van der Waals surface area (Å²) < 4.78 is 52.9. The molecule has 0 aliphatic rings. The van der Waals surface area contributed by atoms with Gasteiger partial charge in [-0.1, -0.05) is 25.1 Å². The Hall–Kier alpha value is -2.37. The number of halogens is 4. The normalized spacial score (nSPS) is 10.6. The molecule has 0 unspecified atom stereocenters. The monoisotopic (exact) mass is 311 g/mol. The molecule has 0 aliphatic carbocycles. The van der Waals surface area contributed by atoms with Gasteiger partial charge in [-0.3, -0.25) is 4.79 Å². The second-order valence-corrected chi connectivity index (χ2v) is 4.76. The van der Waals surface area contributed by atoms with Gasteiger partial charge >= 0.3 is 0 Å². The number of benzene rings is 2. The van der Waals surface area contributed by atoms with Crippen LogP contribution in [-0.4, -0.2) is 5.91 Å². The first-order valence-corrected chi connectivity index (χ1v) is 6.59. The van der Waals surface area contributed by atoms with Gasteiger partial charge in [0.05, 0.1) is 5.56 Å². The Bertz CT molecular complexity index is 743. The van der Waals surface area contributed by atoms with Crippen molar-refractivity contribution in [2.24, 2.45) is 0 Å². The standard InChI is InChI=1S/C16H13F4NO/c1-3-9-6-4-5-8(2)15(9)21-16(22)10-7-11(17)13(19)14(20)12(10)18/h4-7H,3H2,1-2H3,(H,21,22). The zero-order chi connectivity index (χ0) is 16.4. The van der Waals surface area contributed by atoms with Crippen molar-refractivity contribution in [2.45, 2.75) is 20.3 Å². The summed E-state index contributed by atoms with van der Waals surface area (Å²) in [4.78, 5) is 12.1. The Morgan fingerprint density at radius 2 is 1.77 bits per heavy atom. The number of carbonyl (C=O) groups is 1. The van der Waals surface area contributed by atoms with E-state index in [0.717, 1.165) is 11.1 Å². The number of amides is 1. The second-order valence-electron chi connectivity index (χ2n) is 4.76. The van der Waals surface area contributed by atoms with Gasteiger partial charge in [0.25, 0.3) is 5.91 Å². The summed E-state index contributed by atoms with van der Waals surface area (Å²) in [5.41, 5.74) is 1.06. The highest BCUT2D eigenvalue weighted by atomic mass is 19.2. The third-order valence-electron chi connectivity index (χ3n) is 3.33. The summed E-state index contributed by atoms with van der Waals surface area (Å²) in [6.45, 7) is 3.60. The zero-order valence-corrected chi connectivity index (χ0v) is 11.9. The van der Waals surface area contributed by atoms with Crippen LogP contribution in [0.2, 0.25) is 0 Å². The van der Waals surface area contributed by atoms with Gasteiger partial charge in [-0.2, -0.15) is 0 Å². The lowest BCUT2D eigenvalue weighted by Crippen LogP contribution is -2.17. The van der Waals surface area contributed by atoms with Gasteiger partial charge in [-0.15, -0.1) is 0 Å². The van der Waals surface area contributed by atoms with Crippen molar-refractivity contribution in [1.82, 2.24) is 0 Å². The molecule has 0 aliphatic heterocycles. The Morgan fingerprint density at radius 3 is 2.41 bits per heavy atom. The zero-order valence-electron chi connectivity index (χ0n) is 11.9. The topological polar surface area (TPSA) is 29.1 Å². The van der Waals surface area contributed by atoms with E-state index in [1.165, 1.54) is 0 Å².